The van der Waals surface area contributed by atoms with Gasteiger partial charge < -0.3 is 9.53 Å². The van der Waals surface area contributed by atoms with Crippen molar-refractivity contribution >= 4 is 12.6 Å². The van der Waals surface area contributed by atoms with Crippen molar-refractivity contribution in [2.24, 2.45) is 7.05 Å². The number of methoxy groups -OCH3 is 1. The molecule has 0 saturated carbocycles. The molecule has 0 aromatic carbocycles. The van der Waals surface area contributed by atoms with Crippen LogP contribution in [0.4, 0.5) is 0 Å². The van der Waals surface area contributed by atoms with Crippen LogP contribution >= 0.6 is 0 Å². The molecule has 1 rings (SSSR count). The van der Waals surface area contributed by atoms with E-state index in [0.29, 0.717) is 12.1 Å². The van der Waals surface area contributed by atoms with E-state index in [4.69, 9.17) is 4.79 Å². The summed E-state index contributed by atoms with van der Waals surface area (Å²) in [7, 11) is 4.91. The summed E-state index contributed by atoms with van der Waals surface area (Å²) in [5.74, 6) is 0.352. The first-order valence-electron chi connectivity index (χ1n) is 4.76. The van der Waals surface area contributed by atoms with Gasteiger partial charge in [0.2, 0.25) is 0 Å². The lowest BCUT2D eigenvalue weighted by atomic mass is 10.7. The molecule has 94 valence electrons. The largest absolute Gasteiger partial charge is 0.388 e. The maximum Gasteiger partial charge on any atom is 0.190 e. The average molecular weight is 231 g/mol. The number of carbonyl (C=O) groups is 2. The van der Waals surface area contributed by atoms with Crippen molar-refractivity contribution in [1.82, 2.24) is 14.8 Å². The van der Waals surface area contributed by atoms with E-state index >= 15 is 0 Å². The van der Waals surface area contributed by atoms with Crippen LogP contribution in [0.5, 0.6) is 0 Å². The molecule has 0 atom stereocenters. The van der Waals surface area contributed by atoms with Crippen LogP contribution in [0.25, 0.3) is 0 Å². The molecule has 16 heavy (non-hydrogen) atoms. The number of rotatable bonds is 1. The molecule has 0 unspecified atom stereocenters. The molecule has 0 aliphatic rings. The first-order chi connectivity index (χ1) is 7.67. The van der Waals surface area contributed by atoms with Crippen molar-refractivity contribution in [3.05, 3.63) is 12.2 Å². The molecule has 0 fully saturated rings. The summed E-state index contributed by atoms with van der Waals surface area (Å²) in [6.45, 7) is 5.44. The molecule has 0 bridgehead atoms. The van der Waals surface area contributed by atoms with E-state index in [2.05, 4.69) is 14.8 Å². The summed E-state index contributed by atoms with van der Waals surface area (Å²) in [5.41, 5.74) is 0. The summed E-state index contributed by atoms with van der Waals surface area (Å²) in [6, 6.07) is 0. The van der Waals surface area contributed by atoms with Gasteiger partial charge in [0.1, 0.15) is 12.6 Å². The second kappa shape index (κ2) is 19.1. The molecule has 0 amide bonds. The Hall–Kier alpha value is -1.56. The minimum atomic E-state index is 0.352. The van der Waals surface area contributed by atoms with Gasteiger partial charge in [-0.1, -0.05) is 13.8 Å². The summed E-state index contributed by atoms with van der Waals surface area (Å²) in [6.07, 6.45) is 2.75. The molecule has 0 spiro atoms. The minimum absolute atomic E-state index is 0.352. The molecule has 1 aromatic rings. The molecule has 0 saturated heterocycles. The lowest BCUT2D eigenvalue weighted by Gasteiger charge is -1.83. The van der Waals surface area contributed by atoms with Gasteiger partial charge in [-0.25, -0.2) is 9.67 Å². The summed E-state index contributed by atoms with van der Waals surface area (Å²) < 4.78 is 5.66. The Balaban J connectivity index is -0.000000179. The summed E-state index contributed by atoms with van der Waals surface area (Å²) in [4.78, 5) is 22.4. The molecule has 1 heterocycles. The zero-order chi connectivity index (χ0) is 13.4. The Morgan fingerprint density at radius 3 is 1.81 bits per heavy atom. The Bertz CT molecular complexity index is 249. The number of nitrogens with zero attached hydrogens (tertiary/aromatic N) is 3. The Morgan fingerprint density at radius 1 is 1.31 bits per heavy atom. The predicted octanol–water partition coefficient (Wildman–Crippen LogP) is 1.12. The Labute approximate surface area is 96.6 Å². The highest BCUT2D eigenvalue weighted by Gasteiger charge is 1.92. The van der Waals surface area contributed by atoms with Gasteiger partial charge in [0, 0.05) is 21.3 Å². The zero-order valence-corrected chi connectivity index (χ0v) is 10.8. The summed E-state index contributed by atoms with van der Waals surface area (Å²) in [5, 5.41) is 3.66. The van der Waals surface area contributed by atoms with Gasteiger partial charge in [0.15, 0.2) is 12.1 Å². The lowest BCUT2D eigenvalue weighted by Crippen LogP contribution is -1.96. The Morgan fingerprint density at radius 2 is 1.69 bits per heavy atom. The van der Waals surface area contributed by atoms with Crippen molar-refractivity contribution in [3.63, 3.8) is 0 Å². The van der Waals surface area contributed by atoms with Gasteiger partial charge in [-0.2, -0.15) is 5.10 Å². The smallest absolute Gasteiger partial charge is 0.190 e. The van der Waals surface area contributed by atoms with Crippen molar-refractivity contribution < 1.29 is 14.3 Å². The van der Waals surface area contributed by atoms with Gasteiger partial charge in [-0.3, -0.25) is 4.79 Å². The van der Waals surface area contributed by atoms with Crippen LogP contribution in [-0.2, 0) is 16.6 Å². The van der Waals surface area contributed by atoms with E-state index in [-0.39, 0.29) is 0 Å². The van der Waals surface area contributed by atoms with E-state index in [9.17, 15) is 4.79 Å². The molecule has 1 aromatic heterocycles. The van der Waals surface area contributed by atoms with Gasteiger partial charge in [0.05, 0.1) is 0 Å². The fraction of sp³-hybridized carbons (Fsp3) is 0.600. The fourth-order valence-corrected chi connectivity index (χ4v) is 0.412. The monoisotopic (exact) mass is 231 g/mol. The molecule has 0 radical (unpaired) electrons. The van der Waals surface area contributed by atoms with E-state index in [0.717, 1.165) is 6.29 Å². The number of hydrogen-bond acceptors (Lipinski definition) is 5. The van der Waals surface area contributed by atoms with Crippen LogP contribution in [0.3, 0.4) is 0 Å². The molecular formula is C10H21N3O3. The second-order valence-corrected chi connectivity index (χ2v) is 2.00. The van der Waals surface area contributed by atoms with Crippen molar-refractivity contribution in [1.29, 1.82) is 0 Å². The number of hydrogen-bond donors (Lipinski definition) is 0. The van der Waals surface area contributed by atoms with Crippen LogP contribution < -0.4 is 0 Å². The molecule has 6 heteroatoms. The highest BCUT2D eigenvalue weighted by molar-refractivity contribution is 5.68. The van der Waals surface area contributed by atoms with E-state index in [1.54, 1.807) is 21.3 Å². The van der Waals surface area contributed by atoms with Crippen molar-refractivity contribution in [2.45, 2.75) is 20.8 Å². The second-order valence-electron chi connectivity index (χ2n) is 2.00. The number of aryl methyl sites for hydroxylation is 1. The van der Waals surface area contributed by atoms with E-state index < -0.39 is 0 Å². The highest BCUT2D eigenvalue weighted by Crippen LogP contribution is 1.81. The van der Waals surface area contributed by atoms with Crippen LogP contribution in [0.2, 0.25) is 0 Å². The summed E-state index contributed by atoms with van der Waals surface area (Å²) >= 11 is 0. The third kappa shape index (κ3) is 14.9. The highest BCUT2D eigenvalue weighted by atomic mass is 16.4. The van der Waals surface area contributed by atoms with Gasteiger partial charge in [-0.15, -0.1) is 0 Å². The van der Waals surface area contributed by atoms with E-state index in [1.807, 2.05) is 13.8 Å². The first-order valence-corrected chi connectivity index (χ1v) is 4.76. The van der Waals surface area contributed by atoms with Crippen LogP contribution in [0.1, 0.15) is 31.4 Å². The number of carbonyl (C=O) groups excluding carboxylic acids is 2. The first kappa shape index (κ1) is 19.9. The average Bonchev–Trinajstić information content (AvgIpc) is 2.69. The van der Waals surface area contributed by atoms with Crippen molar-refractivity contribution in [2.75, 3.05) is 14.2 Å². The predicted molar refractivity (Wildman–Crippen MR) is 62.4 cm³/mol. The van der Waals surface area contributed by atoms with Crippen molar-refractivity contribution in [3.8, 4) is 0 Å². The third-order valence-electron chi connectivity index (χ3n) is 0.852. The minimum Gasteiger partial charge on any atom is -0.388 e. The lowest BCUT2D eigenvalue weighted by molar-refractivity contribution is -0.106. The third-order valence-corrected chi connectivity index (χ3v) is 0.852. The number of aromatic nitrogens is 3. The number of ether oxygens (including phenoxy) is 1. The molecule has 0 N–H and O–H groups in total. The Kier molecular flexibility index (Phi) is 23.8. The van der Waals surface area contributed by atoms with Crippen LogP contribution in [0.15, 0.2) is 6.33 Å². The molecular weight excluding hydrogens is 210 g/mol. The van der Waals surface area contributed by atoms with Crippen LogP contribution in [0, 0.1) is 0 Å². The maximum absolute atomic E-state index is 9.97. The van der Waals surface area contributed by atoms with Crippen LogP contribution in [-0.4, -0.2) is 41.6 Å². The van der Waals surface area contributed by atoms with Gasteiger partial charge in [-0.05, 0) is 6.92 Å². The molecule has 0 aliphatic heterocycles. The number of aldehydes is 2. The standard InChI is InChI=1S/C4H5N3O.C2H6O.C2H4O.C2H6/c1-7-4(2-8)5-3-6-7;1-3-2;1-2-3;1-2/h2-3H,1H3;1-2H3;2H,1H3;1-2H3. The molecule has 6 nitrogen and oxygen atoms in total. The van der Waals surface area contributed by atoms with E-state index in [1.165, 1.54) is 17.9 Å². The fourth-order valence-electron chi connectivity index (χ4n) is 0.412. The maximum atomic E-state index is 9.97. The normalized spacial score (nSPS) is 6.88. The van der Waals surface area contributed by atoms with Gasteiger partial charge >= 0.3 is 0 Å². The molecule has 0 aliphatic carbocycles. The quantitative estimate of drug-likeness (QED) is 0.677. The van der Waals surface area contributed by atoms with Gasteiger partial charge in [0.25, 0.3) is 0 Å². The topological polar surface area (TPSA) is 74.1 Å². The zero-order valence-electron chi connectivity index (χ0n) is 10.8. The SMILES string of the molecule is CC.CC=O.COC.Cn1ncnc1C=O.